The van der Waals surface area contributed by atoms with Gasteiger partial charge in [-0.1, -0.05) is 6.07 Å². The van der Waals surface area contributed by atoms with E-state index >= 15 is 0 Å². The Balaban J connectivity index is 1.71. The molecule has 7 heteroatoms. The minimum Gasteiger partial charge on any atom is -0.326 e. The predicted molar refractivity (Wildman–Crippen MR) is 88.4 cm³/mol. The average molecular weight is 320 g/mol. The summed E-state index contributed by atoms with van der Waals surface area (Å²) in [4.78, 5) is 12.2. The van der Waals surface area contributed by atoms with Crippen LogP contribution in [0, 0.1) is 25.2 Å². The van der Waals surface area contributed by atoms with Gasteiger partial charge < -0.3 is 5.32 Å². The monoisotopic (exact) mass is 320 g/mol. The Morgan fingerprint density at radius 3 is 3.00 bits per heavy atom. The number of aryl methyl sites for hydroxylation is 2. The van der Waals surface area contributed by atoms with E-state index in [0.717, 1.165) is 16.8 Å². The number of amides is 1. The highest BCUT2D eigenvalue weighted by Gasteiger charge is 2.13. The number of hydrogen-bond donors (Lipinski definition) is 1. The molecule has 24 heavy (non-hydrogen) atoms. The van der Waals surface area contributed by atoms with Crippen molar-refractivity contribution in [3.8, 4) is 6.07 Å². The zero-order valence-electron chi connectivity index (χ0n) is 13.4. The maximum absolute atomic E-state index is 12.2. The largest absolute Gasteiger partial charge is 0.326 e. The molecule has 1 amide bonds. The maximum atomic E-state index is 12.2. The van der Waals surface area contributed by atoms with E-state index in [-0.39, 0.29) is 5.91 Å². The van der Waals surface area contributed by atoms with Crippen molar-refractivity contribution in [3.63, 3.8) is 0 Å². The molecule has 0 spiro atoms. The Bertz CT molecular complexity index is 953. The van der Waals surface area contributed by atoms with E-state index in [1.165, 1.54) is 0 Å². The summed E-state index contributed by atoms with van der Waals surface area (Å²) in [7, 11) is 0. The Morgan fingerprint density at radius 2 is 2.21 bits per heavy atom. The molecule has 7 nitrogen and oxygen atoms in total. The van der Waals surface area contributed by atoms with E-state index in [1.54, 1.807) is 35.1 Å². The van der Waals surface area contributed by atoms with E-state index in [9.17, 15) is 4.79 Å². The standard InChI is InChI=1S/C17H16N6O/c1-11-15(12(2)22-23-10-19-21-17(11)23)6-7-16(24)20-14-5-3-4-13(8-14)9-18/h3-5,8,10H,6-7H2,1-2H3,(H,20,24). The number of nitrogens with zero attached hydrogens (tertiary/aromatic N) is 5. The Morgan fingerprint density at radius 1 is 1.38 bits per heavy atom. The van der Waals surface area contributed by atoms with Crippen LogP contribution in [0.1, 0.15) is 28.8 Å². The van der Waals surface area contributed by atoms with Crippen molar-refractivity contribution in [2.75, 3.05) is 5.32 Å². The van der Waals surface area contributed by atoms with Gasteiger partial charge in [0.1, 0.15) is 6.33 Å². The molecule has 2 aromatic heterocycles. The van der Waals surface area contributed by atoms with Crippen LogP contribution < -0.4 is 5.32 Å². The lowest BCUT2D eigenvalue weighted by Gasteiger charge is -2.10. The van der Waals surface area contributed by atoms with Crippen LogP contribution in [0.3, 0.4) is 0 Å². The van der Waals surface area contributed by atoms with Crippen molar-refractivity contribution in [2.45, 2.75) is 26.7 Å². The van der Waals surface area contributed by atoms with Gasteiger partial charge in [-0.25, -0.2) is 4.52 Å². The lowest BCUT2D eigenvalue weighted by atomic mass is 10.0. The van der Waals surface area contributed by atoms with Crippen LogP contribution in [0.2, 0.25) is 0 Å². The Hall–Kier alpha value is -3.27. The van der Waals surface area contributed by atoms with Crippen LogP contribution >= 0.6 is 0 Å². The molecule has 2 heterocycles. The van der Waals surface area contributed by atoms with Crippen LogP contribution in [0.25, 0.3) is 5.65 Å². The third-order valence-corrected chi connectivity index (χ3v) is 3.89. The SMILES string of the molecule is Cc1nn2cnnc2c(C)c1CCC(=O)Nc1cccc(C#N)c1. The molecule has 120 valence electrons. The smallest absolute Gasteiger partial charge is 0.224 e. The second kappa shape index (κ2) is 6.46. The molecule has 0 radical (unpaired) electrons. The van der Waals surface area contributed by atoms with Crippen LogP contribution in [-0.4, -0.2) is 25.7 Å². The highest BCUT2D eigenvalue weighted by atomic mass is 16.1. The third-order valence-electron chi connectivity index (χ3n) is 3.89. The fourth-order valence-electron chi connectivity index (χ4n) is 2.68. The van der Waals surface area contributed by atoms with Gasteiger partial charge in [-0.3, -0.25) is 4.79 Å². The minimum absolute atomic E-state index is 0.106. The summed E-state index contributed by atoms with van der Waals surface area (Å²) in [6.07, 6.45) is 2.45. The van der Waals surface area contributed by atoms with Gasteiger partial charge in [0.25, 0.3) is 0 Å². The molecule has 1 N–H and O–H groups in total. The molecule has 0 atom stereocenters. The van der Waals surface area contributed by atoms with Crippen molar-refractivity contribution in [3.05, 3.63) is 53.0 Å². The molecule has 3 rings (SSSR count). The number of hydrogen-bond acceptors (Lipinski definition) is 5. The van der Waals surface area contributed by atoms with Crippen molar-refractivity contribution < 1.29 is 4.79 Å². The van der Waals surface area contributed by atoms with E-state index in [4.69, 9.17) is 5.26 Å². The Labute approximate surface area is 138 Å². The highest BCUT2D eigenvalue weighted by molar-refractivity contribution is 5.91. The van der Waals surface area contributed by atoms with E-state index in [1.807, 2.05) is 13.8 Å². The minimum atomic E-state index is -0.106. The first kappa shape index (κ1) is 15.6. The van der Waals surface area contributed by atoms with Crippen LogP contribution in [0.4, 0.5) is 5.69 Å². The quantitative estimate of drug-likeness (QED) is 0.795. The molecule has 0 saturated carbocycles. The summed E-state index contributed by atoms with van der Waals surface area (Å²) < 4.78 is 1.64. The van der Waals surface area contributed by atoms with Crippen LogP contribution in [0.5, 0.6) is 0 Å². The van der Waals surface area contributed by atoms with Crippen LogP contribution in [0.15, 0.2) is 30.6 Å². The fraction of sp³-hybridized carbons (Fsp3) is 0.235. The first-order valence-electron chi connectivity index (χ1n) is 7.54. The lowest BCUT2D eigenvalue weighted by Crippen LogP contribution is -2.14. The summed E-state index contributed by atoms with van der Waals surface area (Å²) in [5, 5.41) is 24.0. The molecule has 0 unspecified atom stereocenters. The third kappa shape index (κ3) is 3.08. The van der Waals surface area contributed by atoms with E-state index < -0.39 is 0 Å². The first-order valence-corrected chi connectivity index (χ1v) is 7.54. The van der Waals surface area contributed by atoms with Crippen molar-refractivity contribution >= 4 is 17.2 Å². The summed E-state index contributed by atoms with van der Waals surface area (Å²) in [5.74, 6) is -0.106. The van der Waals surface area contributed by atoms with Crippen LogP contribution in [-0.2, 0) is 11.2 Å². The van der Waals surface area contributed by atoms with Gasteiger partial charge in [-0.2, -0.15) is 10.4 Å². The number of aromatic nitrogens is 4. The molecule has 0 bridgehead atoms. The van der Waals surface area contributed by atoms with E-state index in [2.05, 4.69) is 26.7 Å². The average Bonchev–Trinajstić information content (AvgIpc) is 3.03. The zero-order chi connectivity index (χ0) is 17.1. The van der Waals surface area contributed by atoms with Gasteiger partial charge in [-0.05, 0) is 44.0 Å². The zero-order valence-corrected chi connectivity index (χ0v) is 13.4. The lowest BCUT2D eigenvalue weighted by molar-refractivity contribution is -0.116. The molecular weight excluding hydrogens is 304 g/mol. The number of benzene rings is 1. The van der Waals surface area contributed by atoms with Crippen molar-refractivity contribution in [2.24, 2.45) is 0 Å². The molecule has 0 aliphatic carbocycles. The van der Waals surface area contributed by atoms with E-state index in [0.29, 0.717) is 29.7 Å². The van der Waals surface area contributed by atoms with Gasteiger partial charge in [-0.15, -0.1) is 10.2 Å². The predicted octanol–water partition coefficient (Wildman–Crippen LogP) is 2.18. The number of anilines is 1. The normalized spacial score (nSPS) is 10.5. The fourth-order valence-corrected chi connectivity index (χ4v) is 2.68. The van der Waals surface area contributed by atoms with Crippen molar-refractivity contribution in [1.82, 2.24) is 19.8 Å². The summed E-state index contributed by atoms with van der Waals surface area (Å²) in [6.45, 7) is 3.87. The van der Waals surface area contributed by atoms with Gasteiger partial charge in [0.05, 0.1) is 17.3 Å². The van der Waals surface area contributed by atoms with Gasteiger partial charge in [0, 0.05) is 17.7 Å². The second-order valence-electron chi connectivity index (χ2n) is 5.53. The summed E-state index contributed by atoms with van der Waals surface area (Å²) in [5.41, 5.74) is 4.70. The van der Waals surface area contributed by atoms with Crippen molar-refractivity contribution in [1.29, 1.82) is 5.26 Å². The number of carbonyl (C=O) groups excluding carboxylic acids is 1. The summed E-state index contributed by atoms with van der Waals surface area (Å²) in [6, 6.07) is 8.90. The number of rotatable bonds is 4. The molecule has 0 saturated heterocycles. The van der Waals surface area contributed by atoms with Gasteiger partial charge in [0.15, 0.2) is 5.65 Å². The molecular formula is C17H16N6O. The number of carbonyl (C=O) groups is 1. The topological polar surface area (TPSA) is 96.0 Å². The molecule has 0 fully saturated rings. The van der Waals surface area contributed by atoms with Gasteiger partial charge in [0.2, 0.25) is 5.91 Å². The highest BCUT2D eigenvalue weighted by Crippen LogP contribution is 2.18. The number of fused-ring (bicyclic) bond motifs is 1. The molecule has 0 aliphatic heterocycles. The van der Waals surface area contributed by atoms with Gasteiger partial charge >= 0.3 is 0 Å². The molecule has 1 aromatic carbocycles. The maximum Gasteiger partial charge on any atom is 0.224 e. The number of nitriles is 1. The molecule has 3 aromatic rings. The molecule has 0 aliphatic rings. The summed E-state index contributed by atoms with van der Waals surface area (Å²) >= 11 is 0. The first-order chi connectivity index (χ1) is 11.6. The Kier molecular flexibility index (Phi) is 4.20. The number of nitrogens with one attached hydrogen (secondary N) is 1. The second-order valence-corrected chi connectivity index (χ2v) is 5.53.